The average Bonchev–Trinajstić information content (AvgIpc) is 2.59. The summed E-state index contributed by atoms with van der Waals surface area (Å²) in [7, 11) is 1.52. The van der Waals surface area contributed by atoms with Crippen molar-refractivity contribution in [2.75, 3.05) is 0 Å². The van der Waals surface area contributed by atoms with Crippen molar-refractivity contribution in [2.45, 2.75) is 0 Å². The van der Waals surface area contributed by atoms with Crippen molar-refractivity contribution >= 4 is 40.3 Å². The van der Waals surface area contributed by atoms with Crippen LogP contribution in [0.4, 0.5) is 0 Å². The molecular formula is C7H6N4O2S2. The highest BCUT2D eigenvalue weighted by Gasteiger charge is 2.22. The van der Waals surface area contributed by atoms with Crippen LogP contribution >= 0.6 is 24.0 Å². The summed E-state index contributed by atoms with van der Waals surface area (Å²) < 4.78 is 1.56. The zero-order valence-corrected chi connectivity index (χ0v) is 9.24. The van der Waals surface area contributed by atoms with Gasteiger partial charge in [0.1, 0.15) is 4.32 Å². The third-order valence-electron chi connectivity index (χ3n) is 1.70. The van der Waals surface area contributed by atoms with Crippen LogP contribution in [-0.4, -0.2) is 25.0 Å². The first-order valence-corrected chi connectivity index (χ1v) is 5.17. The van der Waals surface area contributed by atoms with Crippen LogP contribution < -0.4 is 11.0 Å². The molecule has 2 rings (SSSR count). The van der Waals surface area contributed by atoms with Gasteiger partial charge in [0, 0.05) is 13.1 Å². The molecule has 0 saturated carbocycles. The molecule has 1 aromatic heterocycles. The summed E-state index contributed by atoms with van der Waals surface area (Å²) in [6, 6.07) is 0. The molecule has 2 heterocycles. The van der Waals surface area contributed by atoms with Crippen LogP contribution in [0, 0.1) is 0 Å². The Morgan fingerprint density at radius 1 is 1.53 bits per heavy atom. The predicted octanol–water partition coefficient (Wildman–Crippen LogP) is -0.403. The lowest BCUT2D eigenvalue weighted by molar-refractivity contribution is -0.115. The van der Waals surface area contributed by atoms with E-state index in [0.29, 0.717) is 15.1 Å². The van der Waals surface area contributed by atoms with E-state index in [0.717, 1.165) is 16.4 Å². The molecule has 78 valence electrons. The Bertz CT molecular complexity index is 527. The van der Waals surface area contributed by atoms with Crippen molar-refractivity contribution in [3.63, 3.8) is 0 Å². The number of thiocarbonyl (C=S) groups is 1. The molecule has 0 bridgehead atoms. The number of nitrogens with zero attached hydrogens (tertiary/aromatic N) is 2. The molecule has 0 atom stereocenters. The largest absolute Gasteiger partial charge is 0.343 e. The molecule has 1 fully saturated rings. The van der Waals surface area contributed by atoms with Crippen molar-refractivity contribution in [3.8, 4) is 0 Å². The Labute approximate surface area is 93.7 Å². The van der Waals surface area contributed by atoms with E-state index in [1.807, 2.05) is 0 Å². The lowest BCUT2D eigenvalue weighted by atomic mass is 10.4. The molecule has 1 aliphatic heterocycles. The monoisotopic (exact) mass is 242 g/mol. The number of thioether (sulfide) groups is 1. The van der Waals surface area contributed by atoms with Gasteiger partial charge in [0.05, 0.1) is 4.91 Å². The van der Waals surface area contributed by atoms with Gasteiger partial charge >= 0.3 is 5.69 Å². The first kappa shape index (κ1) is 10.1. The highest BCUT2D eigenvalue weighted by atomic mass is 32.2. The molecule has 1 aromatic rings. The number of nitrogens with one attached hydrogen (secondary N) is 2. The first-order valence-electron chi connectivity index (χ1n) is 3.94. The van der Waals surface area contributed by atoms with Crippen molar-refractivity contribution in [2.24, 2.45) is 7.05 Å². The lowest BCUT2D eigenvalue weighted by Crippen LogP contribution is -2.17. The third-order valence-corrected chi connectivity index (χ3v) is 2.86. The summed E-state index contributed by atoms with van der Waals surface area (Å²) in [6.07, 6.45) is 1.49. The van der Waals surface area contributed by atoms with Gasteiger partial charge in [-0.25, -0.2) is 9.48 Å². The Morgan fingerprint density at radius 3 is 2.73 bits per heavy atom. The minimum Gasteiger partial charge on any atom is -0.307 e. The highest BCUT2D eigenvalue weighted by molar-refractivity contribution is 8.26. The fraction of sp³-hybridized carbons (Fsp3) is 0.143. The summed E-state index contributed by atoms with van der Waals surface area (Å²) in [6.45, 7) is 0. The van der Waals surface area contributed by atoms with Gasteiger partial charge in [-0.3, -0.25) is 9.78 Å². The van der Waals surface area contributed by atoms with Crippen LogP contribution in [0.3, 0.4) is 0 Å². The van der Waals surface area contributed by atoms with Crippen LogP contribution in [-0.2, 0) is 11.8 Å². The minimum atomic E-state index is -0.326. The van der Waals surface area contributed by atoms with E-state index in [4.69, 9.17) is 12.2 Å². The van der Waals surface area contributed by atoms with Crippen LogP contribution in [0.1, 0.15) is 5.82 Å². The molecule has 0 radical (unpaired) electrons. The smallest absolute Gasteiger partial charge is 0.307 e. The van der Waals surface area contributed by atoms with Crippen molar-refractivity contribution in [3.05, 3.63) is 21.2 Å². The molecule has 1 amide bonds. The SMILES string of the molecule is Cn1nc(/C=C2\SC(=S)NC2=O)[nH]c1=O. The van der Waals surface area contributed by atoms with E-state index in [2.05, 4.69) is 15.4 Å². The Balaban J connectivity index is 2.34. The number of aromatic nitrogens is 3. The summed E-state index contributed by atoms with van der Waals surface area (Å²) in [5.74, 6) is 0.0707. The van der Waals surface area contributed by atoms with Crippen LogP contribution in [0.2, 0.25) is 0 Å². The minimum absolute atomic E-state index is 0.267. The lowest BCUT2D eigenvalue weighted by Gasteiger charge is -1.87. The number of aryl methyl sites for hydroxylation is 1. The van der Waals surface area contributed by atoms with Gasteiger partial charge in [-0.1, -0.05) is 24.0 Å². The van der Waals surface area contributed by atoms with Gasteiger partial charge in [0.15, 0.2) is 5.82 Å². The number of hydrogen-bond donors (Lipinski definition) is 2. The highest BCUT2D eigenvalue weighted by Crippen LogP contribution is 2.24. The van der Waals surface area contributed by atoms with Crippen LogP contribution in [0.15, 0.2) is 9.70 Å². The number of amides is 1. The number of rotatable bonds is 1. The fourth-order valence-electron chi connectivity index (χ4n) is 1.03. The summed E-state index contributed by atoms with van der Waals surface area (Å²) in [5.41, 5.74) is -0.326. The summed E-state index contributed by atoms with van der Waals surface area (Å²) in [4.78, 5) is 25.2. The molecule has 1 saturated heterocycles. The predicted molar refractivity (Wildman–Crippen MR) is 60.1 cm³/mol. The van der Waals surface area contributed by atoms with E-state index in [1.54, 1.807) is 0 Å². The number of carbonyl (C=O) groups is 1. The molecule has 6 nitrogen and oxygen atoms in total. The number of aromatic amines is 1. The molecule has 1 aliphatic rings. The molecule has 15 heavy (non-hydrogen) atoms. The van der Waals surface area contributed by atoms with E-state index in [9.17, 15) is 9.59 Å². The summed E-state index contributed by atoms with van der Waals surface area (Å²) >= 11 is 5.96. The van der Waals surface area contributed by atoms with Gasteiger partial charge in [0.2, 0.25) is 0 Å². The molecule has 8 heteroatoms. The zero-order valence-electron chi connectivity index (χ0n) is 7.60. The van der Waals surface area contributed by atoms with Gasteiger partial charge in [-0.05, 0) is 0 Å². The van der Waals surface area contributed by atoms with Crippen molar-refractivity contribution in [1.82, 2.24) is 20.1 Å². The maximum atomic E-state index is 11.3. The first-order chi connectivity index (χ1) is 7.06. The van der Waals surface area contributed by atoms with E-state index in [1.165, 1.54) is 13.1 Å². The topological polar surface area (TPSA) is 79.8 Å². The van der Waals surface area contributed by atoms with Gasteiger partial charge in [-0.2, -0.15) is 5.10 Å². The second-order valence-corrected chi connectivity index (χ2v) is 4.51. The second kappa shape index (κ2) is 3.63. The van der Waals surface area contributed by atoms with E-state index < -0.39 is 0 Å². The Hall–Kier alpha value is -1.41. The zero-order chi connectivity index (χ0) is 11.0. The number of H-pyrrole nitrogens is 1. The van der Waals surface area contributed by atoms with Crippen LogP contribution in [0.5, 0.6) is 0 Å². The molecular weight excluding hydrogens is 236 g/mol. The quantitative estimate of drug-likeness (QED) is 0.517. The molecule has 0 aromatic carbocycles. The van der Waals surface area contributed by atoms with Crippen LogP contribution in [0.25, 0.3) is 6.08 Å². The maximum absolute atomic E-state index is 11.3. The molecule has 2 N–H and O–H groups in total. The third kappa shape index (κ3) is 2.00. The number of carbonyl (C=O) groups excluding carboxylic acids is 1. The van der Waals surface area contributed by atoms with E-state index in [-0.39, 0.29) is 11.6 Å². The number of hydrogen-bond acceptors (Lipinski definition) is 5. The van der Waals surface area contributed by atoms with Crippen molar-refractivity contribution in [1.29, 1.82) is 0 Å². The van der Waals surface area contributed by atoms with Gasteiger partial charge < -0.3 is 5.32 Å². The fourth-order valence-corrected chi connectivity index (χ4v) is 2.05. The Morgan fingerprint density at radius 2 is 2.27 bits per heavy atom. The maximum Gasteiger partial charge on any atom is 0.343 e. The van der Waals surface area contributed by atoms with E-state index >= 15 is 0 Å². The second-order valence-electron chi connectivity index (χ2n) is 2.79. The van der Waals surface area contributed by atoms with Gasteiger partial charge in [0.25, 0.3) is 5.91 Å². The summed E-state index contributed by atoms with van der Waals surface area (Å²) in [5, 5.41) is 6.34. The molecule has 0 spiro atoms. The Kier molecular flexibility index (Phi) is 2.45. The molecule has 0 unspecified atom stereocenters. The van der Waals surface area contributed by atoms with Crippen molar-refractivity contribution < 1.29 is 4.79 Å². The normalized spacial score (nSPS) is 18.6. The average molecular weight is 242 g/mol. The van der Waals surface area contributed by atoms with Gasteiger partial charge in [-0.15, -0.1) is 0 Å². The molecule has 0 aliphatic carbocycles. The standard InChI is InChI=1S/C7H6N4O2S2/c1-11-6(13)8-4(10-11)2-3-5(12)9-7(14)15-3/h2H,1H3,(H,8,10,13)(H,9,12,14)/b3-2-.